The SMILES string of the molecule is O=c1ncncc2c1C1=CNC=NC1N2. The van der Waals surface area contributed by atoms with Crippen molar-refractivity contribution in [2.24, 2.45) is 4.99 Å². The van der Waals surface area contributed by atoms with Crippen LogP contribution in [0.3, 0.4) is 0 Å². The quantitative estimate of drug-likeness (QED) is 0.595. The number of aliphatic imine (C=N–C) groups is 1. The van der Waals surface area contributed by atoms with Crippen LogP contribution >= 0.6 is 0 Å². The average Bonchev–Trinajstić information content (AvgIpc) is 2.53. The zero-order valence-electron chi connectivity index (χ0n) is 7.64. The lowest BCUT2D eigenvalue weighted by Gasteiger charge is -2.11. The summed E-state index contributed by atoms with van der Waals surface area (Å²) in [5.41, 5.74) is 1.74. The van der Waals surface area contributed by atoms with Crippen molar-refractivity contribution in [3.63, 3.8) is 0 Å². The van der Waals surface area contributed by atoms with Crippen LogP contribution in [0.25, 0.3) is 5.57 Å². The summed E-state index contributed by atoms with van der Waals surface area (Å²) in [4.78, 5) is 23.4. The van der Waals surface area contributed by atoms with Crippen LogP contribution in [0, 0.1) is 0 Å². The smallest absolute Gasteiger partial charge is 0.281 e. The van der Waals surface area contributed by atoms with Crippen molar-refractivity contribution in [2.45, 2.75) is 6.17 Å². The van der Waals surface area contributed by atoms with Gasteiger partial charge in [-0.05, 0) is 0 Å². The molecule has 2 aliphatic heterocycles. The maximum atomic E-state index is 11.7. The third-order valence-electron chi connectivity index (χ3n) is 2.34. The van der Waals surface area contributed by atoms with E-state index >= 15 is 0 Å². The Kier molecular flexibility index (Phi) is 1.55. The molecule has 2 aliphatic rings. The van der Waals surface area contributed by atoms with Crippen molar-refractivity contribution in [2.75, 3.05) is 5.32 Å². The molecule has 3 rings (SSSR count). The molecule has 0 fully saturated rings. The zero-order chi connectivity index (χ0) is 10.3. The molecule has 0 saturated carbocycles. The molecule has 0 bridgehead atoms. The van der Waals surface area contributed by atoms with Crippen molar-refractivity contribution in [3.8, 4) is 0 Å². The molecule has 6 nitrogen and oxygen atoms in total. The van der Waals surface area contributed by atoms with Gasteiger partial charge in [0, 0.05) is 11.8 Å². The molecule has 1 unspecified atom stereocenters. The van der Waals surface area contributed by atoms with Crippen LogP contribution in [0.4, 0.5) is 5.69 Å². The Balaban J connectivity index is 2.29. The monoisotopic (exact) mass is 201 g/mol. The summed E-state index contributed by atoms with van der Waals surface area (Å²) in [6, 6.07) is 0. The molecule has 0 spiro atoms. The van der Waals surface area contributed by atoms with Gasteiger partial charge in [0.25, 0.3) is 5.56 Å². The summed E-state index contributed by atoms with van der Waals surface area (Å²) in [6.07, 6.45) is 5.97. The van der Waals surface area contributed by atoms with E-state index in [-0.39, 0.29) is 11.7 Å². The minimum atomic E-state index is -0.289. The molecule has 2 N–H and O–H groups in total. The topological polar surface area (TPSA) is 79.3 Å². The predicted octanol–water partition coefficient (Wildman–Crippen LogP) is -0.439. The third kappa shape index (κ3) is 1.11. The van der Waals surface area contributed by atoms with Crippen molar-refractivity contribution in [3.05, 3.63) is 34.6 Å². The Bertz CT molecular complexity index is 536. The van der Waals surface area contributed by atoms with E-state index in [2.05, 4.69) is 25.6 Å². The standard InChI is InChI=1S/C9H7N5O/c15-9-7-5-1-10-3-12-8(5)14-6(7)2-11-4-13-9/h1-4,8,14H,(H,10,12). The average molecular weight is 201 g/mol. The highest BCUT2D eigenvalue weighted by Gasteiger charge is 2.29. The summed E-state index contributed by atoms with van der Waals surface area (Å²) in [6.45, 7) is 0. The number of nitrogens with zero attached hydrogens (tertiary/aromatic N) is 3. The summed E-state index contributed by atoms with van der Waals surface area (Å²) in [7, 11) is 0. The Morgan fingerprint density at radius 1 is 1.40 bits per heavy atom. The minimum Gasteiger partial charge on any atom is -0.358 e. The number of anilines is 1. The largest absolute Gasteiger partial charge is 0.358 e. The van der Waals surface area contributed by atoms with Crippen molar-refractivity contribution >= 4 is 17.6 Å². The van der Waals surface area contributed by atoms with E-state index in [0.29, 0.717) is 11.3 Å². The van der Waals surface area contributed by atoms with Gasteiger partial charge in [0.1, 0.15) is 12.5 Å². The van der Waals surface area contributed by atoms with Crippen LogP contribution in [0.15, 0.2) is 28.5 Å². The van der Waals surface area contributed by atoms with Crippen molar-refractivity contribution in [1.29, 1.82) is 0 Å². The van der Waals surface area contributed by atoms with Gasteiger partial charge in [0.2, 0.25) is 0 Å². The number of nitrogens with one attached hydrogen (secondary N) is 2. The molecule has 3 heterocycles. The number of hydrogen-bond acceptors (Lipinski definition) is 6. The zero-order valence-corrected chi connectivity index (χ0v) is 7.64. The first-order valence-electron chi connectivity index (χ1n) is 4.45. The first kappa shape index (κ1) is 8.10. The summed E-state index contributed by atoms with van der Waals surface area (Å²) in [5, 5.41) is 5.94. The van der Waals surface area contributed by atoms with Crippen LogP contribution in [0.1, 0.15) is 5.56 Å². The molecule has 0 aliphatic carbocycles. The number of rotatable bonds is 0. The van der Waals surface area contributed by atoms with Gasteiger partial charge in [-0.3, -0.25) is 4.79 Å². The predicted molar refractivity (Wildman–Crippen MR) is 55.3 cm³/mol. The maximum Gasteiger partial charge on any atom is 0.281 e. The molecule has 6 heteroatoms. The molecular weight excluding hydrogens is 194 g/mol. The third-order valence-corrected chi connectivity index (χ3v) is 2.34. The van der Waals surface area contributed by atoms with Crippen LogP contribution in [-0.2, 0) is 0 Å². The first-order valence-corrected chi connectivity index (χ1v) is 4.45. The van der Waals surface area contributed by atoms with Gasteiger partial charge in [-0.1, -0.05) is 0 Å². The Morgan fingerprint density at radius 3 is 3.27 bits per heavy atom. The van der Waals surface area contributed by atoms with Gasteiger partial charge < -0.3 is 10.6 Å². The molecule has 15 heavy (non-hydrogen) atoms. The molecular formula is C9H7N5O. The molecule has 0 radical (unpaired) electrons. The van der Waals surface area contributed by atoms with Gasteiger partial charge in [-0.2, -0.15) is 4.98 Å². The van der Waals surface area contributed by atoms with Gasteiger partial charge >= 0.3 is 0 Å². The molecule has 1 aromatic heterocycles. The van der Waals surface area contributed by atoms with Gasteiger partial charge in [0.05, 0.1) is 23.8 Å². The van der Waals surface area contributed by atoms with E-state index < -0.39 is 0 Å². The molecule has 0 aromatic carbocycles. The van der Waals surface area contributed by atoms with E-state index in [9.17, 15) is 4.79 Å². The van der Waals surface area contributed by atoms with Crippen LogP contribution in [0.5, 0.6) is 0 Å². The van der Waals surface area contributed by atoms with Crippen LogP contribution in [-0.4, -0.2) is 22.5 Å². The Labute approximate surface area is 84.8 Å². The molecule has 74 valence electrons. The molecule has 1 aromatic rings. The fourth-order valence-electron chi connectivity index (χ4n) is 1.70. The van der Waals surface area contributed by atoms with Gasteiger partial charge in [0.15, 0.2) is 0 Å². The number of fused-ring (bicyclic) bond motifs is 3. The fourth-order valence-corrected chi connectivity index (χ4v) is 1.70. The second-order valence-electron chi connectivity index (χ2n) is 3.21. The van der Waals surface area contributed by atoms with Gasteiger partial charge in [-0.15, -0.1) is 0 Å². The summed E-state index contributed by atoms with van der Waals surface area (Å²) < 4.78 is 0. The fraction of sp³-hybridized carbons (Fsp3) is 0.111. The highest BCUT2D eigenvalue weighted by Crippen LogP contribution is 2.32. The second-order valence-corrected chi connectivity index (χ2v) is 3.21. The van der Waals surface area contributed by atoms with E-state index in [1.165, 1.54) is 6.33 Å². The van der Waals surface area contributed by atoms with E-state index in [4.69, 9.17) is 0 Å². The van der Waals surface area contributed by atoms with Crippen molar-refractivity contribution in [1.82, 2.24) is 15.3 Å². The summed E-state index contributed by atoms with van der Waals surface area (Å²) in [5.74, 6) is 0. The molecule has 0 amide bonds. The summed E-state index contributed by atoms with van der Waals surface area (Å²) >= 11 is 0. The highest BCUT2D eigenvalue weighted by molar-refractivity contribution is 5.88. The number of hydrogen-bond donors (Lipinski definition) is 2. The second kappa shape index (κ2) is 2.88. The van der Waals surface area contributed by atoms with E-state index in [1.54, 1.807) is 18.7 Å². The lowest BCUT2D eigenvalue weighted by atomic mass is 10.1. The minimum absolute atomic E-state index is 0.194. The lowest BCUT2D eigenvalue weighted by Crippen LogP contribution is -2.21. The van der Waals surface area contributed by atoms with E-state index in [0.717, 1.165) is 5.57 Å². The van der Waals surface area contributed by atoms with Gasteiger partial charge in [-0.25, -0.2) is 9.98 Å². The molecule has 1 atom stereocenters. The Morgan fingerprint density at radius 2 is 2.33 bits per heavy atom. The maximum absolute atomic E-state index is 11.7. The normalized spacial score (nSPS) is 20.8. The Hall–Kier alpha value is -2.24. The highest BCUT2D eigenvalue weighted by atomic mass is 16.1. The van der Waals surface area contributed by atoms with Crippen molar-refractivity contribution < 1.29 is 0 Å². The van der Waals surface area contributed by atoms with Crippen LogP contribution in [0.2, 0.25) is 0 Å². The molecule has 0 saturated heterocycles. The van der Waals surface area contributed by atoms with Crippen LogP contribution < -0.4 is 16.2 Å². The number of aromatic nitrogens is 2. The van der Waals surface area contributed by atoms with E-state index in [1.807, 2.05) is 0 Å². The lowest BCUT2D eigenvalue weighted by molar-refractivity contribution is 0.959. The first-order chi connectivity index (χ1) is 7.36.